The molecule has 0 bridgehead atoms. The molecule has 1 saturated heterocycles. The fraction of sp³-hybridized carbons (Fsp3) is 0.857. The summed E-state index contributed by atoms with van der Waals surface area (Å²) in [5.74, 6) is 5.69. The molecule has 1 heterocycles. The SMILES string of the molecule is CCC(C)(O)C#CCOCCN1CCCCC1. The van der Waals surface area contributed by atoms with Crippen molar-refractivity contribution in [1.29, 1.82) is 0 Å². The Labute approximate surface area is 105 Å². The number of hydrogen-bond acceptors (Lipinski definition) is 3. The van der Waals surface area contributed by atoms with Crippen molar-refractivity contribution in [3.05, 3.63) is 0 Å². The summed E-state index contributed by atoms with van der Waals surface area (Å²) in [6, 6.07) is 0. The third-order valence-corrected chi connectivity index (χ3v) is 3.22. The fourth-order valence-electron chi connectivity index (χ4n) is 1.81. The normalized spacial score (nSPS) is 20.4. The van der Waals surface area contributed by atoms with Crippen molar-refractivity contribution < 1.29 is 9.84 Å². The van der Waals surface area contributed by atoms with Crippen molar-refractivity contribution in [2.24, 2.45) is 0 Å². The molecule has 0 aliphatic carbocycles. The Hall–Kier alpha value is -0.560. The van der Waals surface area contributed by atoms with Crippen molar-refractivity contribution in [3.8, 4) is 11.8 Å². The van der Waals surface area contributed by atoms with Gasteiger partial charge in [-0.3, -0.25) is 0 Å². The molecule has 98 valence electrons. The van der Waals surface area contributed by atoms with E-state index in [2.05, 4.69) is 16.7 Å². The minimum absolute atomic E-state index is 0.421. The van der Waals surface area contributed by atoms with Gasteiger partial charge in [0.2, 0.25) is 0 Å². The van der Waals surface area contributed by atoms with E-state index in [1.54, 1.807) is 6.92 Å². The fourth-order valence-corrected chi connectivity index (χ4v) is 1.81. The largest absolute Gasteiger partial charge is 0.378 e. The van der Waals surface area contributed by atoms with Crippen molar-refractivity contribution in [2.75, 3.05) is 32.8 Å². The van der Waals surface area contributed by atoms with Gasteiger partial charge in [0.1, 0.15) is 12.2 Å². The molecule has 0 radical (unpaired) electrons. The van der Waals surface area contributed by atoms with Crippen LogP contribution in [0.25, 0.3) is 0 Å². The first kappa shape index (κ1) is 14.5. The lowest BCUT2D eigenvalue weighted by Crippen LogP contribution is -2.32. The number of hydrogen-bond donors (Lipinski definition) is 1. The highest BCUT2D eigenvalue weighted by Crippen LogP contribution is 2.07. The van der Waals surface area contributed by atoms with Gasteiger partial charge in [0.25, 0.3) is 0 Å². The van der Waals surface area contributed by atoms with E-state index in [9.17, 15) is 5.11 Å². The number of ether oxygens (including phenoxy) is 1. The molecule has 1 aliphatic rings. The minimum atomic E-state index is -0.865. The maximum absolute atomic E-state index is 9.65. The van der Waals surface area contributed by atoms with E-state index in [0.717, 1.165) is 13.2 Å². The molecule has 1 N–H and O–H groups in total. The lowest BCUT2D eigenvalue weighted by atomic mass is 10.1. The Morgan fingerprint density at radius 2 is 2.00 bits per heavy atom. The topological polar surface area (TPSA) is 32.7 Å². The van der Waals surface area contributed by atoms with Gasteiger partial charge >= 0.3 is 0 Å². The molecular weight excluding hydrogens is 214 g/mol. The second-order valence-electron chi connectivity index (χ2n) is 4.88. The molecule has 0 aromatic rings. The van der Waals surface area contributed by atoms with E-state index in [-0.39, 0.29) is 0 Å². The van der Waals surface area contributed by atoms with Crippen LogP contribution in [0.15, 0.2) is 0 Å². The zero-order chi connectivity index (χ0) is 12.6. The Kier molecular flexibility index (Phi) is 6.57. The van der Waals surface area contributed by atoms with Gasteiger partial charge in [0.15, 0.2) is 0 Å². The van der Waals surface area contributed by atoms with Gasteiger partial charge in [-0.25, -0.2) is 0 Å². The van der Waals surface area contributed by atoms with Gasteiger partial charge in [-0.1, -0.05) is 25.2 Å². The van der Waals surface area contributed by atoms with Crippen LogP contribution < -0.4 is 0 Å². The monoisotopic (exact) mass is 239 g/mol. The first-order valence-electron chi connectivity index (χ1n) is 6.66. The Bertz CT molecular complexity index is 259. The Morgan fingerprint density at radius 1 is 1.29 bits per heavy atom. The summed E-state index contributed by atoms with van der Waals surface area (Å²) in [6.45, 7) is 8.23. The average molecular weight is 239 g/mol. The summed E-state index contributed by atoms with van der Waals surface area (Å²) >= 11 is 0. The van der Waals surface area contributed by atoms with Gasteiger partial charge in [0.05, 0.1) is 6.61 Å². The molecule has 3 nitrogen and oxygen atoms in total. The zero-order valence-corrected chi connectivity index (χ0v) is 11.2. The summed E-state index contributed by atoms with van der Waals surface area (Å²) in [5.41, 5.74) is -0.865. The van der Waals surface area contributed by atoms with Crippen LogP contribution >= 0.6 is 0 Å². The molecule has 3 heteroatoms. The van der Waals surface area contributed by atoms with Crippen LogP contribution in [-0.4, -0.2) is 48.5 Å². The molecule has 0 spiro atoms. The van der Waals surface area contributed by atoms with Crippen LogP contribution in [0.2, 0.25) is 0 Å². The number of likely N-dealkylation sites (tertiary alicyclic amines) is 1. The number of aliphatic hydroxyl groups is 1. The van der Waals surface area contributed by atoms with Crippen LogP contribution in [-0.2, 0) is 4.74 Å². The Morgan fingerprint density at radius 3 is 2.65 bits per heavy atom. The van der Waals surface area contributed by atoms with Crippen LogP contribution in [0.1, 0.15) is 39.5 Å². The molecule has 0 saturated carbocycles. The number of piperidine rings is 1. The highest BCUT2D eigenvalue weighted by atomic mass is 16.5. The third kappa shape index (κ3) is 6.68. The van der Waals surface area contributed by atoms with Crippen molar-refractivity contribution in [2.45, 2.75) is 45.1 Å². The van der Waals surface area contributed by atoms with Crippen LogP contribution in [0.4, 0.5) is 0 Å². The van der Waals surface area contributed by atoms with Crippen molar-refractivity contribution in [1.82, 2.24) is 4.90 Å². The van der Waals surface area contributed by atoms with Crippen LogP contribution in [0.3, 0.4) is 0 Å². The summed E-state index contributed by atoms with van der Waals surface area (Å²) in [7, 11) is 0. The average Bonchev–Trinajstić information content (AvgIpc) is 2.35. The standard InChI is InChI=1S/C14H25NO2/c1-3-14(2,16)8-7-12-17-13-11-15-9-5-4-6-10-15/h16H,3-6,9-13H2,1-2H3. The minimum Gasteiger partial charge on any atom is -0.378 e. The van der Waals surface area contributed by atoms with Gasteiger partial charge in [-0.05, 0) is 39.3 Å². The molecule has 1 fully saturated rings. The highest BCUT2D eigenvalue weighted by molar-refractivity contribution is 5.11. The summed E-state index contributed by atoms with van der Waals surface area (Å²) in [5, 5.41) is 9.65. The second-order valence-corrected chi connectivity index (χ2v) is 4.88. The predicted octanol–water partition coefficient (Wildman–Crippen LogP) is 1.65. The van der Waals surface area contributed by atoms with E-state index < -0.39 is 5.60 Å². The smallest absolute Gasteiger partial charge is 0.122 e. The molecule has 1 aliphatic heterocycles. The van der Waals surface area contributed by atoms with Gasteiger partial charge in [-0.2, -0.15) is 0 Å². The quantitative estimate of drug-likeness (QED) is 0.585. The van der Waals surface area contributed by atoms with Crippen LogP contribution in [0.5, 0.6) is 0 Å². The summed E-state index contributed by atoms with van der Waals surface area (Å²) < 4.78 is 5.45. The van der Waals surface area contributed by atoms with Gasteiger partial charge < -0.3 is 14.7 Å². The number of nitrogens with zero attached hydrogens (tertiary/aromatic N) is 1. The van der Waals surface area contributed by atoms with Crippen molar-refractivity contribution >= 4 is 0 Å². The Balaban J connectivity index is 2.04. The van der Waals surface area contributed by atoms with Gasteiger partial charge in [-0.15, -0.1) is 0 Å². The summed E-state index contributed by atoms with van der Waals surface area (Å²) in [6.07, 6.45) is 4.65. The molecule has 0 amide bonds. The van der Waals surface area contributed by atoms with E-state index in [1.165, 1.54) is 32.4 Å². The number of rotatable bonds is 5. The van der Waals surface area contributed by atoms with Crippen LogP contribution in [0, 0.1) is 11.8 Å². The van der Waals surface area contributed by atoms with E-state index in [0.29, 0.717) is 13.0 Å². The van der Waals surface area contributed by atoms with E-state index in [1.807, 2.05) is 6.92 Å². The maximum atomic E-state index is 9.65. The van der Waals surface area contributed by atoms with Gasteiger partial charge in [0, 0.05) is 6.54 Å². The van der Waals surface area contributed by atoms with Crippen molar-refractivity contribution in [3.63, 3.8) is 0 Å². The molecule has 17 heavy (non-hydrogen) atoms. The third-order valence-electron chi connectivity index (χ3n) is 3.22. The lowest BCUT2D eigenvalue weighted by molar-refractivity contribution is 0.111. The highest BCUT2D eigenvalue weighted by Gasteiger charge is 2.12. The van der Waals surface area contributed by atoms with E-state index in [4.69, 9.17) is 4.74 Å². The maximum Gasteiger partial charge on any atom is 0.122 e. The molecule has 1 atom stereocenters. The molecule has 1 rings (SSSR count). The summed E-state index contributed by atoms with van der Waals surface area (Å²) in [4.78, 5) is 2.44. The predicted molar refractivity (Wildman–Crippen MR) is 69.8 cm³/mol. The second kappa shape index (κ2) is 7.71. The molecule has 1 unspecified atom stereocenters. The zero-order valence-electron chi connectivity index (χ0n) is 11.2. The molecular formula is C14H25NO2. The van der Waals surface area contributed by atoms with E-state index >= 15 is 0 Å². The lowest BCUT2D eigenvalue weighted by Gasteiger charge is -2.25. The first-order valence-corrected chi connectivity index (χ1v) is 6.66. The molecule has 0 aromatic heterocycles. The molecule has 0 aromatic carbocycles. The first-order chi connectivity index (χ1) is 8.14.